The van der Waals surface area contributed by atoms with E-state index in [2.05, 4.69) is 61.4 Å². The summed E-state index contributed by atoms with van der Waals surface area (Å²) in [6.07, 6.45) is 1.26. The topological polar surface area (TPSA) is 15.3 Å². The molecule has 0 bridgehead atoms. The van der Waals surface area contributed by atoms with Crippen LogP contribution in [0.3, 0.4) is 0 Å². The van der Waals surface area contributed by atoms with Crippen LogP contribution in [0.25, 0.3) is 0 Å². The lowest BCUT2D eigenvalue weighted by molar-refractivity contribution is 0.325. The summed E-state index contributed by atoms with van der Waals surface area (Å²) >= 11 is 0. The molecule has 0 spiro atoms. The lowest BCUT2D eigenvalue weighted by atomic mass is 10.1. The Kier molecular flexibility index (Phi) is 3.62. The highest BCUT2D eigenvalue weighted by Gasteiger charge is 2.26. The predicted molar refractivity (Wildman–Crippen MR) is 68.5 cm³/mol. The molecule has 1 fully saturated rings. The molecule has 3 atom stereocenters. The summed E-state index contributed by atoms with van der Waals surface area (Å²) in [5, 5.41) is 3.71. The molecule has 0 radical (unpaired) electrons. The SMILES string of the molecule is CC1CC(N[C@H](C)c2ccccc2)CN1C. The lowest BCUT2D eigenvalue weighted by Crippen LogP contribution is -2.33. The Hall–Kier alpha value is -0.860. The van der Waals surface area contributed by atoms with Gasteiger partial charge in [0, 0.05) is 24.7 Å². The molecule has 2 heteroatoms. The smallest absolute Gasteiger partial charge is 0.0294 e. The molecule has 0 aliphatic carbocycles. The molecule has 0 aromatic heterocycles. The molecule has 1 aliphatic rings. The van der Waals surface area contributed by atoms with Gasteiger partial charge < -0.3 is 10.2 Å². The van der Waals surface area contributed by atoms with Crippen LogP contribution in [0, 0.1) is 0 Å². The monoisotopic (exact) mass is 218 g/mol. The Morgan fingerprint density at radius 3 is 2.56 bits per heavy atom. The third kappa shape index (κ3) is 2.63. The summed E-state index contributed by atoms with van der Waals surface area (Å²) in [4.78, 5) is 2.43. The molecule has 1 aromatic carbocycles. The maximum Gasteiger partial charge on any atom is 0.0294 e. The Bertz CT molecular complexity index is 313. The molecule has 1 N–H and O–H groups in total. The van der Waals surface area contributed by atoms with Crippen LogP contribution in [-0.4, -0.2) is 30.6 Å². The minimum absolute atomic E-state index is 0.449. The average Bonchev–Trinajstić information content (AvgIpc) is 2.59. The number of nitrogens with zero attached hydrogens (tertiary/aromatic N) is 1. The summed E-state index contributed by atoms with van der Waals surface area (Å²) in [5.74, 6) is 0. The van der Waals surface area contributed by atoms with Crippen molar-refractivity contribution in [1.29, 1.82) is 0 Å². The van der Waals surface area contributed by atoms with E-state index in [4.69, 9.17) is 0 Å². The summed E-state index contributed by atoms with van der Waals surface area (Å²) in [5.41, 5.74) is 1.38. The molecule has 1 saturated heterocycles. The zero-order valence-corrected chi connectivity index (χ0v) is 10.5. The van der Waals surface area contributed by atoms with Crippen LogP contribution in [0.15, 0.2) is 30.3 Å². The molecule has 1 heterocycles. The minimum atomic E-state index is 0.449. The first-order chi connectivity index (χ1) is 7.66. The molecule has 1 aliphatic heterocycles. The molecule has 2 nitrogen and oxygen atoms in total. The molecular formula is C14H22N2. The number of likely N-dealkylation sites (tertiary alicyclic amines) is 1. The van der Waals surface area contributed by atoms with Gasteiger partial charge in [-0.25, -0.2) is 0 Å². The van der Waals surface area contributed by atoms with Crippen LogP contribution in [0.5, 0.6) is 0 Å². The van der Waals surface area contributed by atoms with E-state index < -0.39 is 0 Å². The highest BCUT2D eigenvalue weighted by Crippen LogP contribution is 2.19. The van der Waals surface area contributed by atoms with Gasteiger partial charge >= 0.3 is 0 Å². The van der Waals surface area contributed by atoms with Gasteiger partial charge in [-0.2, -0.15) is 0 Å². The van der Waals surface area contributed by atoms with E-state index in [1.165, 1.54) is 18.5 Å². The van der Waals surface area contributed by atoms with Crippen molar-refractivity contribution in [3.05, 3.63) is 35.9 Å². The Labute approximate surface area is 98.7 Å². The van der Waals surface area contributed by atoms with E-state index in [0.717, 1.165) is 0 Å². The van der Waals surface area contributed by atoms with E-state index in [1.807, 2.05) is 0 Å². The highest BCUT2D eigenvalue weighted by atomic mass is 15.2. The number of hydrogen-bond donors (Lipinski definition) is 1. The van der Waals surface area contributed by atoms with Gasteiger partial charge in [-0.3, -0.25) is 0 Å². The van der Waals surface area contributed by atoms with Gasteiger partial charge in [0.15, 0.2) is 0 Å². The first kappa shape index (κ1) is 11.6. The minimum Gasteiger partial charge on any atom is -0.306 e. The van der Waals surface area contributed by atoms with Crippen LogP contribution in [0.4, 0.5) is 0 Å². The fourth-order valence-electron chi connectivity index (χ4n) is 2.51. The molecule has 1 aromatic rings. The van der Waals surface area contributed by atoms with Crippen molar-refractivity contribution in [3.63, 3.8) is 0 Å². The number of likely N-dealkylation sites (N-methyl/N-ethyl adjacent to an activating group) is 1. The van der Waals surface area contributed by atoms with E-state index >= 15 is 0 Å². The molecule has 0 amide bonds. The molecule has 88 valence electrons. The standard InChI is InChI=1S/C14H22N2/c1-11-9-14(10-16(11)3)15-12(2)13-7-5-4-6-8-13/h4-8,11-12,14-15H,9-10H2,1-3H3/t11?,12-,14?/m1/s1. The lowest BCUT2D eigenvalue weighted by Gasteiger charge is -2.19. The second-order valence-corrected chi connectivity index (χ2v) is 5.02. The van der Waals surface area contributed by atoms with Crippen LogP contribution in [0.1, 0.15) is 31.9 Å². The fourth-order valence-corrected chi connectivity index (χ4v) is 2.51. The largest absolute Gasteiger partial charge is 0.306 e. The van der Waals surface area contributed by atoms with Crippen LogP contribution >= 0.6 is 0 Å². The van der Waals surface area contributed by atoms with Gasteiger partial charge in [0.25, 0.3) is 0 Å². The van der Waals surface area contributed by atoms with E-state index in [0.29, 0.717) is 18.1 Å². The van der Waals surface area contributed by atoms with E-state index in [1.54, 1.807) is 0 Å². The second-order valence-electron chi connectivity index (χ2n) is 5.02. The summed E-state index contributed by atoms with van der Waals surface area (Å²) < 4.78 is 0. The van der Waals surface area contributed by atoms with Gasteiger partial charge in [0.2, 0.25) is 0 Å². The number of benzene rings is 1. The van der Waals surface area contributed by atoms with E-state index in [9.17, 15) is 0 Å². The van der Waals surface area contributed by atoms with Gasteiger partial charge in [-0.1, -0.05) is 30.3 Å². The maximum absolute atomic E-state index is 3.71. The van der Waals surface area contributed by atoms with Crippen molar-refractivity contribution < 1.29 is 0 Å². The fraction of sp³-hybridized carbons (Fsp3) is 0.571. The molecule has 2 rings (SSSR count). The van der Waals surface area contributed by atoms with Crippen molar-refractivity contribution in [2.75, 3.05) is 13.6 Å². The quantitative estimate of drug-likeness (QED) is 0.838. The Morgan fingerprint density at radius 1 is 1.31 bits per heavy atom. The van der Waals surface area contributed by atoms with Crippen molar-refractivity contribution in [2.24, 2.45) is 0 Å². The molecular weight excluding hydrogens is 196 g/mol. The summed E-state index contributed by atoms with van der Waals surface area (Å²) in [6, 6.07) is 12.5. The van der Waals surface area contributed by atoms with Crippen LogP contribution in [-0.2, 0) is 0 Å². The first-order valence-electron chi connectivity index (χ1n) is 6.18. The average molecular weight is 218 g/mol. The van der Waals surface area contributed by atoms with Gasteiger partial charge in [-0.05, 0) is 32.9 Å². The number of rotatable bonds is 3. The van der Waals surface area contributed by atoms with Crippen LogP contribution < -0.4 is 5.32 Å². The maximum atomic E-state index is 3.71. The summed E-state index contributed by atoms with van der Waals surface area (Å²) in [6.45, 7) is 5.71. The number of hydrogen-bond acceptors (Lipinski definition) is 2. The Morgan fingerprint density at radius 2 is 2.00 bits per heavy atom. The van der Waals surface area contributed by atoms with Crippen molar-refractivity contribution in [3.8, 4) is 0 Å². The second kappa shape index (κ2) is 4.98. The third-order valence-electron chi connectivity index (χ3n) is 3.67. The van der Waals surface area contributed by atoms with Gasteiger partial charge in [0.05, 0.1) is 0 Å². The number of nitrogens with one attached hydrogen (secondary N) is 1. The van der Waals surface area contributed by atoms with Crippen molar-refractivity contribution >= 4 is 0 Å². The van der Waals surface area contributed by atoms with E-state index in [-0.39, 0.29) is 0 Å². The molecule has 0 saturated carbocycles. The van der Waals surface area contributed by atoms with Gasteiger partial charge in [-0.15, -0.1) is 0 Å². The predicted octanol–water partition coefficient (Wildman–Crippen LogP) is 2.43. The third-order valence-corrected chi connectivity index (χ3v) is 3.67. The first-order valence-corrected chi connectivity index (χ1v) is 6.18. The van der Waals surface area contributed by atoms with Crippen molar-refractivity contribution in [2.45, 2.75) is 38.4 Å². The van der Waals surface area contributed by atoms with Crippen molar-refractivity contribution in [1.82, 2.24) is 10.2 Å². The summed E-state index contributed by atoms with van der Waals surface area (Å²) in [7, 11) is 2.21. The zero-order chi connectivity index (χ0) is 11.5. The highest BCUT2D eigenvalue weighted by molar-refractivity contribution is 5.18. The van der Waals surface area contributed by atoms with Crippen LogP contribution in [0.2, 0.25) is 0 Å². The molecule has 16 heavy (non-hydrogen) atoms. The molecule has 2 unspecified atom stereocenters. The van der Waals surface area contributed by atoms with Gasteiger partial charge in [0.1, 0.15) is 0 Å². The normalized spacial score (nSPS) is 28.2. The zero-order valence-electron chi connectivity index (χ0n) is 10.5. The Balaban J connectivity index is 1.91.